The molecule has 128 valence electrons. The molecule has 1 aromatic heterocycles. The van der Waals surface area contributed by atoms with Crippen molar-refractivity contribution in [3.05, 3.63) is 98.5 Å². The molecule has 0 amide bonds. The molecule has 0 unspecified atom stereocenters. The monoisotopic (exact) mass is 396 g/mol. The second-order valence-electron chi connectivity index (χ2n) is 6.01. The third-order valence-corrected chi connectivity index (χ3v) is 5.36. The average Bonchev–Trinajstić information content (AvgIpc) is 2.66. The van der Waals surface area contributed by atoms with Crippen LogP contribution in [-0.4, -0.2) is 0 Å². The number of benzene rings is 3. The van der Waals surface area contributed by atoms with Crippen molar-refractivity contribution in [3.63, 3.8) is 0 Å². The summed E-state index contributed by atoms with van der Waals surface area (Å²) < 4.78 is 7.05. The zero-order chi connectivity index (χ0) is 18.1. The molecule has 0 fully saturated rings. The van der Waals surface area contributed by atoms with Crippen molar-refractivity contribution in [2.45, 2.75) is 6.42 Å². The largest absolute Gasteiger partial charge is 0.456 e. The van der Waals surface area contributed by atoms with E-state index >= 15 is 0 Å². The predicted octanol–water partition coefficient (Wildman–Crippen LogP) is 7.73. The van der Waals surface area contributed by atoms with Crippen molar-refractivity contribution in [2.24, 2.45) is 0 Å². The van der Waals surface area contributed by atoms with Gasteiger partial charge in [-0.15, -0.1) is 0 Å². The van der Waals surface area contributed by atoms with Crippen LogP contribution in [0.5, 0.6) is 0 Å². The normalized spacial score (nSPS) is 11.0. The minimum absolute atomic E-state index is 0.577. The Balaban J connectivity index is 1.97. The lowest BCUT2D eigenvalue weighted by molar-refractivity contribution is 0.613. The smallest absolute Gasteiger partial charge is 0.139 e. The number of rotatable bonds is 3. The number of hydrogen-bond donors (Lipinski definition) is 0. The summed E-state index contributed by atoms with van der Waals surface area (Å²) in [4.78, 5) is 0. The van der Waals surface area contributed by atoms with Crippen molar-refractivity contribution in [1.29, 1.82) is 0 Å². The molecular weight excluding hydrogens is 383 g/mol. The van der Waals surface area contributed by atoms with Crippen LogP contribution in [0.25, 0.3) is 22.3 Å². The zero-order valence-electron chi connectivity index (χ0n) is 13.7. The highest BCUT2D eigenvalue weighted by molar-refractivity contribution is 7.71. The van der Waals surface area contributed by atoms with Gasteiger partial charge in [-0.3, -0.25) is 0 Å². The Labute approximate surface area is 166 Å². The van der Waals surface area contributed by atoms with Gasteiger partial charge < -0.3 is 4.42 Å². The molecule has 0 atom stereocenters. The van der Waals surface area contributed by atoms with Gasteiger partial charge in [0.15, 0.2) is 0 Å². The lowest BCUT2D eigenvalue weighted by Crippen LogP contribution is -1.96. The van der Waals surface area contributed by atoms with Crippen LogP contribution in [0.3, 0.4) is 0 Å². The van der Waals surface area contributed by atoms with Crippen LogP contribution in [-0.2, 0) is 6.42 Å². The topological polar surface area (TPSA) is 13.1 Å². The van der Waals surface area contributed by atoms with Gasteiger partial charge in [0.1, 0.15) is 11.3 Å². The molecule has 0 saturated heterocycles. The van der Waals surface area contributed by atoms with E-state index in [0.717, 1.165) is 37.9 Å². The molecule has 4 heteroatoms. The minimum atomic E-state index is 0.577. The maximum atomic E-state index is 6.40. The Morgan fingerprint density at radius 1 is 0.846 bits per heavy atom. The van der Waals surface area contributed by atoms with Gasteiger partial charge in [0.25, 0.3) is 0 Å². The van der Waals surface area contributed by atoms with Gasteiger partial charge in [0, 0.05) is 33.0 Å². The van der Waals surface area contributed by atoms with Gasteiger partial charge in [0.05, 0.1) is 4.51 Å². The van der Waals surface area contributed by atoms with Crippen LogP contribution >= 0.6 is 35.4 Å². The van der Waals surface area contributed by atoms with Crippen LogP contribution in [0.4, 0.5) is 0 Å². The second-order valence-corrected chi connectivity index (χ2v) is 7.27. The first-order chi connectivity index (χ1) is 12.6. The van der Waals surface area contributed by atoms with E-state index in [2.05, 4.69) is 0 Å². The maximum absolute atomic E-state index is 6.40. The standard InChI is InChI=1S/C22H14Cl2OS/c23-16-11-10-15(19(24)13-16)12-18-21(14-6-2-1-3-7-14)25-20-9-5-4-8-17(20)22(18)26/h1-11,13H,12H2. The first-order valence-corrected chi connectivity index (χ1v) is 9.34. The van der Waals surface area contributed by atoms with E-state index in [0.29, 0.717) is 16.5 Å². The van der Waals surface area contributed by atoms with Crippen LogP contribution in [0.15, 0.2) is 77.2 Å². The van der Waals surface area contributed by atoms with E-state index in [1.54, 1.807) is 6.07 Å². The lowest BCUT2D eigenvalue weighted by Gasteiger charge is -2.13. The van der Waals surface area contributed by atoms with Gasteiger partial charge in [0.2, 0.25) is 0 Å². The van der Waals surface area contributed by atoms with Crippen LogP contribution in [0.1, 0.15) is 11.1 Å². The lowest BCUT2D eigenvalue weighted by atomic mass is 9.99. The van der Waals surface area contributed by atoms with Crippen molar-refractivity contribution in [1.82, 2.24) is 0 Å². The Hall–Kier alpha value is -2.13. The second kappa shape index (κ2) is 7.24. The molecule has 0 aliphatic rings. The van der Waals surface area contributed by atoms with E-state index in [9.17, 15) is 0 Å². The molecule has 0 radical (unpaired) electrons. The Morgan fingerprint density at radius 2 is 1.58 bits per heavy atom. The molecule has 1 heterocycles. The summed E-state index contributed by atoms with van der Waals surface area (Å²) in [6.45, 7) is 0. The van der Waals surface area contributed by atoms with Crippen LogP contribution in [0, 0.1) is 4.51 Å². The summed E-state index contributed by atoms with van der Waals surface area (Å²) in [5, 5.41) is 2.17. The number of hydrogen-bond acceptors (Lipinski definition) is 2. The first kappa shape index (κ1) is 17.3. The van der Waals surface area contributed by atoms with Gasteiger partial charge >= 0.3 is 0 Å². The first-order valence-electron chi connectivity index (χ1n) is 8.17. The summed E-state index contributed by atoms with van der Waals surface area (Å²) in [6.07, 6.45) is 0.577. The fraction of sp³-hybridized carbons (Fsp3) is 0.0455. The fourth-order valence-corrected chi connectivity index (χ4v) is 3.83. The van der Waals surface area contributed by atoms with E-state index < -0.39 is 0 Å². The molecule has 26 heavy (non-hydrogen) atoms. The average molecular weight is 397 g/mol. The summed E-state index contributed by atoms with van der Waals surface area (Å²) in [5.41, 5.74) is 3.69. The predicted molar refractivity (Wildman–Crippen MR) is 112 cm³/mol. The van der Waals surface area contributed by atoms with Crippen molar-refractivity contribution in [2.75, 3.05) is 0 Å². The van der Waals surface area contributed by atoms with E-state index in [-0.39, 0.29) is 0 Å². The van der Waals surface area contributed by atoms with Gasteiger partial charge in [-0.2, -0.15) is 0 Å². The molecule has 0 saturated carbocycles. The van der Waals surface area contributed by atoms with E-state index in [4.69, 9.17) is 39.8 Å². The van der Waals surface area contributed by atoms with Crippen molar-refractivity contribution >= 4 is 46.4 Å². The van der Waals surface area contributed by atoms with Crippen LogP contribution < -0.4 is 0 Å². The van der Waals surface area contributed by atoms with Crippen LogP contribution in [0.2, 0.25) is 10.0 Å². The molecule has 0 aliphatic carbocycles. The summed E-state index contributed by atoms with van der Waals surface area (Å²) in [7, 11) is 0. The number of fused-ring (bicyclic) bond motifs is 1. The van der Waals surface area contributed by atoms with Crippen molar-refractivity contribution in [3.8, 4) is 11.3 Å². The highest BCUT2D eigenvalue weighted by Gasteiger charge is 2.15. The third kappa shape index (κ3) is 3.28. The molecule has 1 nitrogen and oxygen atoms in total. The van der Waals surface area contributed by atoms with Gasteiger partial charge in [-0.1, -0.05) is 84.0 Å². The maximum Gasteiger partial charge on any atom is 0.139 e. The van der Waals surface area contributed by atoms with E-state index in [1.165, 1.54) is 0 Å². The molecular formula is C22H14Cl2OS. The quantitative estimate of drug-likeness (QED) is 0.328. The molecule has 3 aromatic carbocycles. The molecule has 4 aromatic rings. The Kier molecular flexibility index (Phi) is 4.82. The van der Waals surface area contributed by atoms with Gasteiger partial charge in [-0.25, -0.2) is 0 Å². The summed E-state index contributed by atoms with van der Waals surface area (Å²) in [6, 6.07) is 23.4. The third-order valence-electron chi connectivity index (χ3n) is 4.31. The van der Waals surface area contributed by atoms with Crippen molar-refractivity contribution < 1.29 is 4.42 Å². The minimum Gasteiger partial charge on any atom is -0.456 e. The molecule has 0 spiro atoms. The Bertz CT molecular complexity index is 1150. The molecule has 0 aliphatic heterocycles. The fourth-order valence-electron chi connectivity index (χ4n) is 3.02. The number of para-hydroxylation sites is 1. The summed E-state index contributed by atoms with van der Waals surface area (Å²) in [5.74, 6) is 0.778. The highest BCUT2D eigenvalue weighted by Crippen LogP contribution is 2.33. The SMILES string of the molecule is S=c1c(Cc2ccc(Cl)cc2Cl)c(-c2ccccc2)oc2ccccc12. The molecule has 4 rings (SSSR count). The summed E-state index contributed by atoms with van der Waals surface area (Å²) >= 11 is 18.3. The zero-order valence-corrected chi connectivity index (χ0v) is 16.0. The highest BCUT2D eigenvalue weighted by atomic mass is 35.5. The molecule has 0 N–H and O–H groups in total. The van der Waals surface area contributed by atoms with E-state index in [1.807, 2.05) is 66.7 Å². The number of halogens is 2. The van der Waals surface area contributed by atoms with Gasteiger partial charge in [-0.05, 0) is 29.8 Å². The molecule has 0 bridgehead atoms. The Morgan fingerprint density at radius 3 is 2.35 bits per heavy atom.